The van der Waals surface area contributed by atoms with Gasteiger partial charge in [-0.1, -0.05) is 42.1 Å². The van der Waals surface area contributed by atoms with Crippen LogP contribution in [0.25, 0.3) is 0 Å². The molecule has 1 fully saturated rings. The molecule has 0 N–H and O–H groups in total. The molecule has 0 spiro atoms. The Morgan fingerprint density at radius 2 is 1.92 bits per heavy atom. The molecule has 3 rings (SSSR count). The minimum atomic E-state index is 0.0728. The largest absolute Gasteiger partial charge is 0.416 e. The standard InChI is InChI=1S/C17H21N3O3S/c1-12-9-20(10-13(2)22-12)16(21)11-24-17-19-18-15(23-17)8-14-6-4-3-5-7-14/h3-7,12-13H,8-11H2,1-2H3/t12-,13-/m1/s1. The molecule has 1 aromatic heterocycles. The topological polar surface area (TPSA) is 68.5 Å². The van der Waals surface area contributed by atoms with Gasteiger partial charge in [0.15, 0.2) is 0 Å². The van der Waals surface area contributed by atoms with Crippen molar-refractivity contribution >= 4 is 17.7 Å². The number of ether oxygens (including phenoxy) is 1. The van der Waals surface area contributed by atoms with Crippen LogP contribution in [0.2, 0.25) is 0 Å². The molecule has 2 heterocycles. The molecule has 2 aromatic rings. The van der Waals surface area contributed by atoms with Crippen LogP contribution in [0.3, 0.4) is 0 Å². The van der Waals surface area contributed by atoms with Gasteiger partial charge in [-0.2, -0.15) is 0 Å². The molecular weight excluding hydrogens is 326 g/mol. The summed E-state index contributed by atoms with van der Waals surface area (Å²) in [6.45, 7) is 5.23. The molecule has 0 aliphatic carbocycles. The van der Waals surface area contributed by atoms with Gasteiger partial charge in [0.25, 0.3) is 5.22 Å². The lowest BCUT2D eigenvalue weighted by molar-refractivity contribution is -0.140. The minimum Gasteiger partial charge on any atom is -0.416 e. The van der Waals surface area contributed by atoms with E-state index in [2.05, 4.69) is 10.2 Å². The van der Waals surface area contributed by atoms with Crippen LogP contribution in [-0.4, -0.2) is 52.1 Å². The summed E-state index contributed by atoms with van der Waals surface area (Å²) in [4.78, 5) is 14.2. The summed E-state index contributed by atoms with van der Waals surface area (Å²) in [6.07, 6.45) is 0.744. The van der Waals surface area contributed by atoms with Gasteiger partial charge in [-0.3, -0.25) is 4.79 Å². The Hall–Kier alpha value is -1.86. The van der Waals surface area contributed by atoms with Crippen LogP contribution in [0, 0.1) is 0 Å². The Morgan fingerprint density at radius 3 is 2.62 bits per heavy atom. The first-order valence-electron chi connectivity index (χ1n) is 8.02. The van der Waals surface area contributed by atoms with Crippen molar-refractivity contribution in [2.75, 3.05) is 18.8 Å². The average molecular weight is 347 g/mol. The lowest BCUT2D eigenvalue weighted by atomic mass is 10.2. The van der Waals surface area contributed by atoms with Crippen LogP contribution in [0.1, 0.15) is 25.3 Å². The zero-order chi connectivity index (χ0) is 16.9. The molecule has 1 saturated heterocycles. The molecule has 1 aliphatic rings. The fourth-order valence-electron chi connectivity index (χ4n) is 2.73. The van der Waals surface area contributed by atoms with E-state index >= 15 is 0 Å². The maximum absolute atomic E-state index is 12.3. The molecule has 24 heavy (non-hydrogen) atoms. The van der Waals surface area contributed by atoms with Crippen molar-refractivity contribution in [3.05, 3.63) is 41.8 Å². The smallest absolute Gasteiger partial charge is 0.277 e. The Balaban J connectivity index is 1.51. The van der Waals surface area contributed by atoms with Gasteiger partial charge in [0.2, 0.25) is 11.8 Å². The van der Waals surface area contributed by atoms with Crippen LogP contribution in [0.5, 0.6) is 0 Å². The van der Waals surface area contributed by atoms with Crippen LogP contribution in [0.15, 0.2) is 40.0 Å². The first kappa shape index (κ1) is 17.0. The van der Waals surface area contributed by atoms with Crippen LogP contribution in [0.4, 0.5) is 0 Å². The zero-order valence-corrected chi connectivity index (χ0v) is 14.7. The molecule has 6 nitrogen and oxygen atoms in total. The van der Waals surface area contributed by atoms with Crippen molar-refractivity contribution in [1.29, 1.82) is 0 Å². The predicted octanol–water partition coefficient (Wildman–Crippen LogP) is 2.39. The highest BCUT2D eigenvalue weighted by Gasteiger charge is 2.26. The molecule has 0 radical (unpaired) electrons. The number of hydrogen-bond donors (Lipinski definition) is 0. The zero-order valence-electron chi connectivity index (χ0n) is 13.8. The molecule has 0 bridgehead atoms. The molecule has 0 unspecified atom stereocenters. The first-order valence-corrected chi connectivity index (χ1v) is 9.01. The maximum atomic E-state index is 12.3. The van der Waals surface area contributed by atoms with Crippen LogP contribution >= 0.6 is 11.8 Å². The number of carbonyl (C=O) groups is 1. The third-order valence-corrected chi connectivity index (χ3v) is 4.54. The van der Waals surface area contributed by atoms with Gasteiger partial charge in [-0.25, -0.2) is 0 Å². The van der Waals surface area contributed by atoms with Gasteiger partial charge >= 0.3 is 0 Å². The van der Waals surface area contributed by atoms with E-state index in [4.69, 9.17) is 9.15 Å². The second kappa shape index (κ2) is 7.81. The van der Waals surface area contributed by atoms with Crippen molar-refractivity contribution in [2.24, 2.45) is 0 Å². The van der Waals surface area contributed by atoms with Gasteiger partial charge in [-0.05, 0) is 19.4 Å². The van der Waals surface area contributed by atoms with Crippen molar-refractivity contribution < 1.29 is 13.9 Å². The monoisotopic (exact) mass is 347 g/mol. The van der Waals surface area contributed by atoms with Gasteiger partial charge in [0.05, 0.1) is 24.4 Å². The van der Waals surface area contributed by atoms with E-state index in [9.17, 15) is 4.79 Å². The lowest BCUT2D eigenvalue weighted by Crippen LogP contribution is -2.48. The second-order valence-corrected chi connectivity index (χ2v) is 6.90. The highest BCUT2D eigenvalue weighted by Crippen LogP contribution is 2.19. The first-order chi connectivity index (χ1) is 11.6. The van der Waals surface area contributed by atoms with E-state index in [1.165, 1.54) is 11.8 Å². The third-order valence-electron chi connectivity index (χ3n) is 3.74. The van der Waals surface area contributed by atoms with Crippen molar-refractivity contribution in [1.82, 2.24) is 15.1 Å². The van der Waals surface area contributed by atoms with Gasteiger partial charge in [0.1, 0.15) is 0 Å². The molecular formula is C17H21N3O3S. The van der Waals surface area contributed by atoms with E-state index in [0.29, 0.717) is 36.4 Å². The number of hydrogen-bond acceptors (Lipinski definition) is 6. The fraction of sp³-hybridized carbons (Fsp3) is 0.471. The Labute approximate surface area is 145 Å². The summed E-state index contributed by atoms with van der Waals surface area (Å²) in [5, 5.41) is 8.49. The Morgan fingerprint density at radius 1 is 1.21 bits per heavy atom. The van der Waals surface area contributed by atoms with E-state index < -0.39 is 0 Å². The number of rotatable bonds is 5. The van der Waals surface area contributed by atoms with E-state index in [1.807, 2.05) is 49.1 Å². The highest BCUT2D eigenvalue weighted by molar-refractivity contribution is 7.99. The number of morpholine rings is 1. The normalized spacial score (nSPS) is 21.0. The van der Waals surface area contributed by atoms with Crippen molar-refractivity contribution in [3.63, 3.8) is 0 Å². The summed E-state index contributed by atoms with van der Waals surface area (Å²) < 4.78 is 11.3. The Bertz CT molecular complexity index is 667. The number of benzene rings is 1. The second-order valence-electron chi connectivity index (χ2n) is 5.97. The molecule has 1 amide bonds. The molecule has 7 heteroatoms. The summed E-state index contributed by atoms with van der Waals surface area (Å²) in [5.74, 6) is 0.932. The van der Waals surface area contributed by atoms with E-state index in [1.54, 1.807) is 0 Å². The van der Waals surface area contributed by atoms with E-state index in [0.717, 1.165) is 5.56 Å². The molecule has 1 aliphatic heterocycles. The number of aromatic nitrogens is 2. The molecule has 128 valence electrons. The number of nitrogens with zero attached hydrogens (tertiary/aromatic N) is 3. The summed E-state index contributed by atoms with van der Waals surface area (Å²) >= 11 is 1.28. The van der Waals surface area contributed by atoms with Crippen LogP contribution in [-0.2, 0) is 16.0 Å². The predicted molar refractivity (Wildman–Crippen MR) is 90.9 cm³/mol. The quantitative estimate of drug-likeness (QED) is 0.774. The lowest BCUT2D eigenvalue weighted by Gasteiger charge is -2.35. The number of amides is 1. The SMILES string of the molecule is C[C@@H]1CN(C(=O)CSc2nnc(Cc3ccccc3)o2)C[C@@H](C)O1. The molecule has 2 atom stereocenters. The van der Waals surface area contributed by atoms with Gasteiger partial charge < -0.3 is 14.1 Å². The van der Waals surface area contributed by atoms with Crippen molar-refractivity contribution in [3.8, 4) is 0 Å². The third kappa shape index (κ3) is 4.58. The summed E-state index contributed by atoms with van der Waals surface area (Å²) in [7, 11) is 0. The van der Waals surface area contributed by atoms with Gasteiger partial charge in [-0.15, -0.1) is 10.2 Å². The minimum absolute atomic E-state index is 0.0728. The van der Waals surface area contributed by atoms with Gasteiger partial charge in [0, 0.05) is 13.1 Å². The number of carbonyl (C=O) groups excluding carboxylic acids is 1. The average Bonchev–Trinajstić information content (AvgIpc) is 3.00. The van der Waals surface area contributed by atoms with Crippen LogP contribution < -0.4 is 0 Å². The Kier molecular flexibility index (Phi) is 5.52. The molecule has 1 aromatic carbocycles. The summed E-state index contributed by atoms with van der Waals surface area (Å²) in [6, 6.07) is 9.95. The maximum Gasteiger partial charge on any atom is 0.277 e. The number of thioether (sulfide) groups is 1. The highest BCUT2D eigenvalue weighted by atomic mass is 32.2. The molecule has 0 saturated carbocycles. The van der Waals surface area contributed by atoms with Crippen molar-refractivity contribution in [2.45, 2.75) is 37.7 Å². The fourth-order valence-corrected chi connectivity index (χ4v) is 3.42. The van der Waals surface area contributed by atoms with E-state index in [-0.39, 0.29) is 18.1 Å². The summed E-state index contributed by atoms with van der Waals surface area (Å²) in [5.41, 5.74) is 1.12.